The first-order valence-electron chi connectivity index (χ1n) is 13.0. The molecule has 3 atom stereocenters. The van der Waals surface area contributed by atoms with Gasteiger partial charge in [0.15, 0.2) is 5.78 Å². The van der Waals surface area contributed by atoms with Crippen LogP contribution in [-0.4, -0.2) is 79.1 Å². The Morgan fingerprint density at radius 3 is 2.38 bits per heavy atom. The summed E-state index contributed by atoms with van der Waals surface area (Å²) in [4.78, 5) is 56.6. The van der Waals surface area contributed by atoms with Gasteiger partial charge in [0.05, 0.1) is 19.0 Å². The molecule has 2 heterocycles. The highest BCUT2D eigenvalue weighted by atomic mass is 16.2. The molecular formula is C29H36N4O4. The van der Waals surface area contributed by atoms with Gasteiger partial charge in [-0.05, 0) is 48.6 Å². The SMILES string of the molecule is CC(CCNC(=O)c1ccc(N(C)C)cc1)CC(=O)N1CCC2C1C(=O)CN2C(=O)Cc1ccccc1. The maximum Gasteiger partial charge on any atom is 0.251 e. The third kappa shape index (κ3) is 6.18. The van der Waals surface area contributed by atoms with Crippen LogP contribution in [0.2, 0.25) is 0 Å². The van der Waals surface area contributed by atoms with Crippen molar-refractivity contribution >= 4 is 29.2 Å². The highest BCUT2D eigenvalue weighted by Gasteiger charge is 2.51. The molecule has 3 amide bonds. The first kappa shape index (κ1) is 26.4. The van der Waals surface area contributed by atoms with Crippen LogP contribution in [-0.2, 0) is 20.8 Å². The number of nitrogens with zero attached hydrogens (tertiary/aromatic N) is 3. The van der Waals surface area contributed by atoms with E-state index in [0.717, 1.165) is 11.3 Å². The van der Waals surface area contributed by atoms with E-state index in [-0.39, 0.29) is 48.4 Å². The van der Waals surface area contributed by atoms with Crippen LogP contribution in [0.5, 0.6) is 0 Å². The number of carbonyl (C=O) groups excluding carboxylic acids is 4. The van der Waals surface area contributed by atoms with Crippen LogP contribution < -0.4 is 10.2 Å². The number of Topliss-reactive ketones (excluding diaryl/α,β-unsaturated/α-hetero) is 1. The van der Waals surface area contributed by atoms with Crippen molar-refractivity contribution in [2.45, 2.75) is 44.7 Å². The van der Waals surface area contributed by atoms with Gasteiger partial charge in [-0.15, -0.1) is 0 Å². The minimum atomic E-state index is -0.538. The van der Waals surface area contributed by atoms with Gasteiger partial charge in [-0.2, -0.15) is 0 Å². The quantitative estimate of drug-likeness (QED) is 0.567. The Kier molecular flexibility index (Phi) is 8.26. The number of amides is 3. The third-order valence-corrected chi connectivity index (χ3v) is 7.35. The van der Waals surface area contributed by atoms with Gasteiger partial charge in [-0.1, -0.05) is 37.3 Å². The van der Waals surface area contributed by atoms with E-state index < -0.39 is 6.04 Å². The van der Waals surface area contributed by atoms with Crippen molar-refractivity contribution in [1.29, 1.82) is 0 Å². The summed E-state index contributed by atoms with van der Waals surface area (Å²) in [6.07, 6.45) is 1.85. The standard InChI is InChI=1S/C29H36N4O4/c1-20(13-15-30-29(37)22-9-11-23(12-10-22)31(2)3)17-26(35)32-16-14-24-28(32)25(34)19-33(24)27(36)18-21-7-5-4-6-8-21/h4-12,20,24,28H,13-19H2,1-3H3,(H,30,37). The third-order valence-electron chi connectivity index (χ3n) is 7.35. The van der Waals surface area contributed by atoms with Crippen molar-refractivity contribution in [3.63, 3.8) is 0 Å². The number of benzene rings is 2. The Balaban J connectivity index is 1.24. The second-order valence-electron chi connectivity index (χ2n) is 10.3. The van der Waals surface area contributed by atoms with Crippen molar-refractivity contribution in [2.75, 3.05) is 38.6 Å². The Bertz CT molecular complexity index is 1130. The number of carbonyl (C=O) groups is 4. The molecule has 0 radical (unpaired) electrons. The number of hydrogen-bond acceptors (Lipinski definition) is 5. The summed E-state index contributed by atoms with van der Waals surface area (Å²) in [6, 6.07) is 16.1. The second-order valence-corrected chi connectivity index (χ2v) is 10.3. The summed E-state index contributed by atoms with van der Waals surface area (Å²) in [6.45, 7) is 3.01. The summed E-state index contributed by atoms with van der Waals surface area (Å²) in [5.74, 6) is -0.270. The van der Waals surface area contributed by atoms with Gasteiger partial charge in [-0.25, -0.2) is 0 Å². The molecule has 37 heavy (non-hydrogen) atoms. The fourth-order valence-electron chi connectivity index (χ4n) is 5.26. The zero-order valence-corrected chi connectivity index (χ0v) is 21.9. The molecule has 2 saturated heterocycles. The molecule has 4 rings (SSSR count). The van der Waals surface area contributed by atoms with Crippen molar-refractivity contribution in [3.8, 4) is 0 Å². The Hall–Kier alpha value is -3.68. The maximum atomic E-state index is 13.1. The topological polar surface area (TPSA) is 90.0 Å². The molecule has 0 spiro atoms. The van der Waals surface area contributed by atoms with Crippen LogP contribution in [0.25, 0.3) is 0 Å². The first-order chi connectivity index (χ1) is 17.7. The number of likely N-dealkylation sites (tertiary alicyclic amines) is 2. The smallest absolute Gasteiger partial charge is 0.251 e. The lowest BCUT2D eigenvalue weighted by atomic mass is 10.0. The van der Waals surface area contributed by atoms with E-state index in [1.54, 1.807) is 21.9 Å². The average molecular weight is 505 g/mol. The van der Waals surface area contributed by atoms with Gasteiger partial charge in [-0.3, -0.25) is 19.2 Å². The number of nitrogens with one attached hydrogen (secondary N) is 1. The van der Waals surface area contributed by atoms with E-state index in [0.29, 0.717) is 37.9 Å². The van der Waals surface area contributed by atoms with Crippen molar-refractivity contribution in [3.05, 3.63) is 65.7 Å². The lowest BCUT2D eigenvalue weighted by molar-refractivity contribution is -0.137. The van der Waals surface area contributed by atoms with E-state index in [1.165, 1.54) is 0 Å². The molecular weight excluding hydrogens is 468 g/mol. The summed E-state index contributed by atoms with van der Waals surface area (Å²) in [7, 11) is 3.90. The number of hydrogen-bond donors (Lipinski definition) is 1. The predicted molar refractivity (Wildman–Crippen MR) is 142 cm³/mol. The van der Waals surface area contributed by atoms with Gasteiger partial charge < -0.3 is 20.0 Å². The largest absolute Gasteiger partial charge is 0.378 e. The van der Waals surface area contributed by atoms with Gasteiger partial charge in [0.25, 0.3) is 5.91 Å². The average Bonchev–Trinajstić information content (AvgIpc) is 3.46. The summed E-state index contributed by atoms with van der Waals surface area (Å²) < 4.78 is 0. The van der Waals surface area contributed by atoms with Crippen LogP contribution >= 0.6 is 0 Å². The van der Waals surface area contributed by atoms with E-state index >= 15 is 0 Å². The van der Waals surface area contributed by atoms with Crippen LogP contribution in [0.3, 0.4) is 0 Å². The monoisotopic (exact) mass is 504 g/mol. The molecule has 2 aromatic rings. The molecule has 196 valence electrons. The highest BCUT2D eigenvalue weighted by Crippen LogP contribution is 2.31. The minimum absolute atomic E-state index is 0.0512. The Labute approximate surface area is 218 Å². The van der Waals surface area contributed by atoms with Gasteiger partial charge in [0.2, 0.25) is 11.8 Å². The molecule has 2 aromatic carbocycles. The molecule has 0 aliphatic carbocycles. The van der Waals surface area contributed by atoms with Gasteiger partial charge in [0, 0.05) is 44.9 Å². The van der Waals surface area contributed by atoms with Crippen LogP contribution in [0.1, 0.15) is 42.1 Å². The summed E-state index contributed by atoms with van der Waals surface area (Å²) >= 11 is 0. The molecule has 2 fully saturated rings. The zero-order valence-electron chi connectivity index (χ0n) is 21.9. The molecule has 1 N–H and O–H groups in total. The van der Waals surface area contributed by atoms with E-state index in [1.807, 2.05) is 68.4 Å². The number of anilines is 1. The van der Waals surface area contributed by atoms with Gasteiger partial charge in [0.1, 0.15) is 6.04 Å². The fourth-order valence-corrected chi connectivity index (χ4v) is 5.26. The Morgan fingerprint density at radius 1 is 1.00 bits per heavy atom. The molecule has 3 unspecified atom stereocenters. The summed E-state index contributed by atoms with van der Waals surface area (Å²) in [5, 5.41) is 2.93. The lowest BCUT2D eigenvalue weighted by Gasteiger charge is -2.25. The highest BCUT2D eigenvalue weighted by molar-refractivity contribution is 5.98. The zero-order chi connectivity index (χ0) is 26.5. The molecule has 0 aromatic heterocycles. The van der Waals surface area contributed by atoms with Crippen molar-refractivity contribution < 1.29 is 19.2 Å². The maximum absolute atomic E-state index is 13.1. The number of rotatable bonds is 9. The second kappa shape index (κ2) is 11.6. The van der Waals surface area contributed by atoms with E-state index in [4.69, 9.17) is 0 Å². The Morgan fingerprint density at radius 2 is 1.70 bits per heavy atom. The molecule has 2 aliphatic rings. The van der Waals surface area contributed by atoms with E-state index in [9.17, 15) is 19.2 Å². The number of ketones is 1. The summed E-state index contributed by atoms with van der Waals surface area (Å²) in [5.41, 5.74) is 2.54. The lowest BCUT2D eigenvalue weighted by Crippen LogP contribution is -2.44. The van der Waals surface area contributed by atoms with Crippen LogP contribution in [0.15, 0.2) is 54.6 Å². The molecule has 8 heteroatoms. The van der Waals surface area contributed by atoms with E-state index in [2.05, 4.69) is 5.32 Å². The van der Waals surface area contributed by atoms with Crippen molar-refractivity contribution in [1.82, 2.24) is 15.1 Å². The number of fused-ring (bicyclic) bond motifs is 1. The molecule has 2 aliphatic heterocycles. The molecule has 8 nitrogen and oxygen atoms in total. The normalized spacial score (nSPS) is 19.5. The predicted octanol–water partition coefficient (Wildman–Crippen LogP) is 2.52. The van der Waals surface area contributed by atoms with Gasteiger partial charge >= 0.3 is 0 Å². The molecule has 0 bridgehead atoms. The minimum Gasteiger partial charge on any atom is -0.378 e. The van der Waals surface area contributed by atoms with Crippen molar-refractivity contribution in [2.24, 2.45) is 5.92 Å². The fraction of sp³-hybridized carbons (Fsp3) is 0.448. The van der Waals surface area contributed by atoms with Crippen LogP contribution in [0.4, 0.5) is 5.69 Å². The first-order valence-corrected chi connectivity index (χ1v) is 13.0. The van der Waals surface area contributed by atoms with Crippen LogP contribution in [0, 0.1) is 5.92 Å². The molecule has 0 saturated carbocycles.